The second-order valence-corrected chi connectivity index (χ2v) is 36.8. The van der Waals surface area contributed by atoms with Gasteiger partial charge in [-0.15, -0.1) is 0 Å². The normalized spacial score (nSPS) is 13.3. The molecular weight excluding hydrogens is 1740 g/mol. The third-order valence-corrected chi connectivity index (χ3v) is 28.2. The van der Waals surface area contributed by atoms with Crippen molar-refractivity contribution in [2.24, 2.45) is 0 Å². The highest BCUT2D eigenvalue weighted by Gasteiger charge is 2.21. The van der Waals surface area contributed by atoms with Gasteiger partial charge in [0.15, 0.2) is 27.1 Å². The third-order valence-electron chi connectivity index (χ3n) is 27.2. The number of hydrogen-bond acceptors (Lipinski definition) is 13. The Bertz CT molecular complexity index is 6700. The lowest BCUT2D eigenvalue weighted by atomic mass is 10.0. The molecular formula is C111H136Cl4N12O6. The summed E-state index contributed by atoms with van der Waals surface area (Å²) in [6.07, 6.45) is 12.1. The predicted molar refractivity (Wildman–Crippen MR) is 567 cm³/mol. The molecule has 15 aromatic rings. The Hall–Kier alpha value is -9.77. The average molecular weight is 1880 g/mol. The first-order valence-corrected chi connectivity index (χ1v) is 50.4. The van der Waals surface area contributed by atoms with Crippen LogP contribution in [0.2, 0.25) is 20.1 Å². The highest BCUT2D eigenvalue weighted by Crippen LogP contribution is 2.31. The van der Waals surface area contributed by atoms with Crippen LogP contribution >= 0.6 is 46.4 Å². The number of aromatic nitrogens is 5. The molecule has 10 aromatic carbocycles. The Morgan fingerprint density at radius 3 is 0.947 bits per heavy atom. The summed E-state index contributed by atoms with van der Waals surface area (Å²) < 4.78 is 15.0. The summed E-state index contributed by atoms with van der Waals surface area (Å²) in [7, 11) is 0. The van der Waals surface area contributed by atoms with Gasteiger partial charge in [-0.25, -0.2) is 0 Å². The monoisotopic (exact) mass is 1870 g/mol. The number of aromatic amines is 1. The number of benzene rings is 10. The second kappa shape index (κ2) is 49.6. The van der Waals surface area contributed by atoms with Crippen LogP contribution in [0.3, 0.4) is 0 Å². The molecule has 0 radical (unpaired) electrons. The minimum absolute atomic E-state index is 0.0142. The second-order valence-electron chi connectivity index (χ2n) is 35.0. The molecule has 133 heavy (non-hydrogen) atoms. The van der Waals surface area contributed by atoms with E-state index in [9.17, 15) is 24.0 Å². The fourth-order valence-electron chi connectivity index (χ4n) is 19.2. The molecule has 704 valence electrons. The van der Waals surface area contributed by atoms with Gasteiger partial charge in [0.2, 0.25) is 0 Å². The quantitative estimate of drug-likeness (QED) is 0.0381. The molecule has 0 aliphatic carbocycles. The molecule has 2 aliphatic heterocycles. The standard InChI is InChI=1S/C27H36ClN3O.C26H36ClN3O.C20H21ClN2O2.C19H21ClN2O.C19H22N2O/c1-3-29(4-2)16-8-9-21-10-12-23-25(19-21)31(18-17-30-14-6-5-7-15-30)26-20-22(28)11-13-24(26)27(23)32;1-5-28(6-2)15-9-10-20-11-13-22-24(18-20)30(17-16-29(7-3)8-4)25-19-21(27)12-14-23(25)26(22)31;21-14-4-6-16-18(12-14)22-19-13-15(5-7-17(19)20(16)24)25-11-10-23-8-2-1-3-9-23;1-3-21(4-2)11-12-22-17-8-6-5-7-15(17)19(23)16-10-9-14(20)13-18(16)22;1-3-20(4-2)13-14-21-17-11-7-5-9-15(17)19(22)16-10-6-8-12-18(16)21/h10-13,19-20H,3-9,14-18H2,1-2H3;11-14,18-19H,5-10,15-17H2,1-4H3;4-7,12-13H,1-3,8-11H2,(H,22,24);5-10,13H,3-4,11-12H2,1-2H3;5-12H,3-4,13-14H2,1-2H3. The molecule has 0 saturated carbocycles. The summed E-state index contributed by atoms with van der Waals surface area (Å²) in [5.74, 6) is 0.779. The molecule has 0 unspecified atom stereocenters. The number of piperidine rings is 2. The Morgan fingerprint density at radius 2 is 0.564 bits per heavy atom. The van der Waals surface area contributed by atoms with Gasteiger partial charge in [0, 0.05) is 139 Å². The van der Waals surface area contributed by atoms with Gasteiger partial charge in [0.25, 0.3) is 0 Å². The lowest BCUT2D eigenvalue weighted by Crippen LogP contribution is -2.33. The maximum atomic E-state index is 13.3. The first-order valence-electron chi connectivity index (χ1n) is 48.9. The van der Waals surface area contributed by atoms with E-state index >= 15 is 0 Å². The summed E-state index contributed by atoms with van der Waals surface area (Å²) in [4.78, 5) is 84.9. The number of nitrogens with zero attached hydrogens (tertiary/aromatic N) is 11. The summed E-state index contributed by atoms with van der Waals surface area (Å²) in [6.45, 7) is 48.3. The lowest BCUT2D eigenvalue weighted by molar-refractivity contribution is 0.183. The van der Waals surface area contributed by atoms with Crippen molar-refractivity contribution in [3.05, 3.63) is 283 Å². The number of nitrogens with one attached hydrogen (secondary N) is 1. The Kier molecular flexibility index (Phi) is 37.6. The molecule has 0 spiro atoms. The number of rotatable bonds is 34. The smallest absolute Gasteiger partial charge is 0.197 e. The summed E-state index contributed by atoms with van der Waals surface area (Å²) in [5.41, 5.74) is 12.4. The Labute approximate surface area is 804 Å². The lowest BCUT2D eigenvalue weighted by Gasteiger charge is -2.27. The van der Waals surface area contributed by atoms with E-state index in [1.165, 1.54) is 75.8 Å². The first-order chi connectivity index (χ1) is 64.7. The van der Waals surface area contributed by atoms with Gasteiger partial charge < -0.3 is 57.4 Å². The van der Waals surface area contributed by atoms with Crippen molar-refractivity contribution in [3.8, 4) is 5.75 Å². The number of hydrogen-bond donors (Lipinski definition) is 1. The topological polar surface area (TPSA) is 153 Å². The number of halogens is 4. The summed E-state index contributed by atoms with van der Waals surface area (Å²) in [5, 5.41) is 10.1. The molecule has 1 N–H and O–H groups in total. The maximum Gasteiger partial charge on any atom is 0.197 e. The van der Waals surface area contributed by atoms with Gasteiger partial charge in [0.1, 0.15) is 12.4 Å². The van der Waals surface area contributed by atoms with E-state index in [0.717, 1.165) is 267 Å². The zero-order valence-electron chi connectivity index (χ0n) is 79.9. The highest BCUT2D eigenvalue weighted by atomic mass is 35.5. The van der Waals surface area contributed by atoms with Crippen LogP contribution in [-0.4, -0.2) is 202 Å². The third kappa shape index (κ3) is 25.3. The SMILES string of the molecule is CCN(CC)CCCc1ccc2c(=O)c3ccc(Cl)cc3n(CCN(CC)CC)c2c1.CCN(CC)CCCc1ccc2c(=O)c3ccc(Cl)cc3n(CCN3CCCCC3)c2c1.CCN(CC)CCn1c2ccccc2c(=O)c2ccc(Cl)cc21.CCN(CC)CCn1c2ccccc2c(=O)c2ccccc21.O=c1c2ccc(Cl)cc2[nH]c2cc(OCCN3CCCCC3)ccc12. The van der Waals surface area contributed by atoms with Crippen LogP contribution in [0.5, 0.6) is 5.75 Å². The minimum atomic E-state index is 0.0142. The van der Waals surface area contributed by atoms with Crippen molar-refractivity contribution in [1.82, 2.24) is 57.6 Å². The number of likely N-dealkylation sites (N-methyl/N-ethyl adjacent to an activating group) is 3. The molecule has 2 saturated heterocycles. The molecule has 0 bridgehead atoms. The van der Waals surface area contributed by atoms with Gasteiger partial charge in [-0.3, -0.25) is 28.9 Å². The van der Waals surface area contributed by atoms with Crippen LogP contribution in [-0.2, 0) is 39.0 Å². The molecule has 0 amide bonds. The molecule has 2 fully saturated rings. The number of H-pyrrole nitrogens is 1. The number of likely N-dealkylation sites (tertiary alicyclic amines) is 2. The van der Waals surface area contributed by atoms with Gasteiger partial charge in [-0.1, -0.05) is 177 Å². The van der Waals surface area contributed by atoms with Crippen molar-refractivity contribution in [2.45, 2.75) is 160 Å². The van der Waals surface area contributed by atoms with Gasteiger partial charge in [0.05, 0.1) is 55.2 Å². The number of fused-ring (bicyclic) bond motifs is 10. The molecule has 17 rings (SSSR count). The maximum absolute atomic E-state index is 13.3. The zero-order valence-corrected chi connectivity index (χ0v) is 82.9. The van der Waals surface area contributed by atoms with Crippen molar-refractivity contribution in [3.63, 3.8) is 0 Å². The van der Waals surface area contributed by atoms with Crippen LogP contribution < -0.4 is 31.9 Å². The van der Waals surface area contributed by atoms with Crippen LogP contribution in [0.15, 0.2) is 224 Å². The summed E-state index contributed by atoms with van der Waals surface area (Å²) >= 11 is 24.9. The zero-order chi connectivity index (χ0) is 94.0. The minimum Gasteiger partial charge on any atom is -0.492 e. The van der Waals surface area contributed by atoms with E-state index in [-0.39, 0.29) is 27.1 Å². The molecule has 0 atom stereocenters. The van der Waals surface area contributed by atoms with Crippen molar-refractivity contribution in [2.75, 3.05) is 144 Å². The average Bonchev–Trinajstić information content (AvgIpc) is 0.774. The highest BCUT2D eigenvalue weighted by molar-refractivity contribution is 6.32. The molecule has 2 aliphatic rings. The van der Waals surface area contributed by atoms with E-state index in [2.05, 4.69) is 151 Å². The van der Waals surface area contributed by atoms with Crippen molar-refractivity contribution in [1.29, 1.82) is 0 Å². The number of aryl methyl sites for hydroxylation is 2. The first kappa shape index (κ1) is 101. The summed E-state index contributed by atoms with van der Waals surface area (Å²) in [6, 6.07) is 64.1. The van der Waals surface area contributed by atoms with Crippen LogP contribution in [0, 0.1) is 0 Å². The van der Waals surface area contributed by atoms with Crippen LogP contribution in [0.1, 0.15) is 132 Å². The molecule has 7 heterocycles. The molecule has 5 aromatic heterocycles. The predicted octanol–water partition coefficient (Wildman–Crippen LogP) is 22.8. The van der Waals surface area contributed by atoms with Crippen molar-refractivity contribution < 1.29 is 4.74 Å². The van der Waals surface area contributed by atoms with E-state index in [4.69, 9.17) is 51.1 Å². The van der Waals surface area contributed by atoms with Crippen LogP contribution in [0.25, 0.3) is 109 Å². The Morgan fingerprint density at radius 1 is 0.278 bits per heavy atom. The fourth-order valence-corrected chi connectivity index (χ4v) is 19.9. The number of pyridine rings is 5. The molecule has 18 nitrogen and oxygen atoms in total. The van der Waals surface area contributed by atoms with E-state index in [1.807, 2.05) is 152 Å². The van der Waals surface area contributed by atoms with Crippen LogP contribution in [0.4, 0.5) is 0 Å². The van der Waals surface area contributed by atoms with Gasteiger partial charge in [-0.2, -0.15) is 0 Å². The largest absolute Gasteiger partial charge is 0.492 e. The van der Waals surface area contributed by atoms with E-state index < -0.39 is 0 Å². The van der Waals surface area contributed by atoms with Gasteiger partial charge >= 0.3 is 0 Å². The number of ether oxygens (including phenoxy) is 1. The fraction of sp³-hybridized carbons (Fsp3) is 0.414. The number of para-hydroxylation sites is 3. The van der Waals surface area contributed by atoms with Gasteiger partial charge in [-0.05, 0) is 313 Å². The Balaban J connectivity index is 0.000000142. The van der Waals surface area contributed by atoms with E-state index in [1.54, 1.807) is 24.3 Å². The van der Waals surface area contributed by atoms with E-state index in [0.29, 0.717) is 37.5 Å². The molecule has 22 heteroatoms. The van der Waals surface area contributed by atoms with Crippen molar-refractivity contribution >= 4 is 155 Å².